The van der Waals surface area contributed by atoms with E-state index in [0.717, 1.165) is 0 Å². The van der Waals surface area contributed by atoms with Crippen LogP contribution in [0.25, 0.3) is 0 Å². The van der Waals surface area contributed by atoms with Gasteiger partial charge in [-0.25, -0.2) is 0 Å². The topological polar surface area (TPSA) is 33.0 Å². The Morgan fingerprint density at radius 3 is 2.79 bits per heavy atom. The molecule has 1 rings (SSSR count). The second kappa shape index (κ2) is 5.09. The van der Waals surface area contributed by atoms with Crippen molar-refractivity contribution in [1.29, 1.82) is 5.26 Å². The lowest BCUT2D eigenvalue weighted by Gasteiger charge is -2.12. The Balaban J connectivity index is 2.73. The summed E-state index contributed by atoms with van der Waals surface area (Å²) < 4.78 is 5.43. The molecule has 0 fully saturated rings. The minimum Gasteiger partial charge on any atom is -0.488 e. The molecule has 1 unspecified atom stereocenters. The van der Waals surface area contributed by atoms with Crippen LogP contribution in [0.5, 0.6) is 5.75 Å². The molecule has 0 saturated heterocycles. The molecule has 0 N–H and O–H groups in total. The maximum atomic E-state index is 8.44. The summed E-state index contributed by atoms with van der Waals surface area (Å²) in [5, 5.41) is 9.47. The van der Waals surface area contributed by atoms with E-state index in [-0.39, 0.29) is 6.10 Å². The highest BCUT2D eigenvalue weighted by Gasteiger charge is 2.07. The maximum absolute atomic E-state index is 8.44. The number of nitriles is 1. The summed E-state index contributed by atoms with van der Waals surface area (Å²) in [5.41, 5.74) is 0. The molecular formula is C10H9Cl2NO. The predicted octanol–water partition coefficient (Wildman–Crippen LogP) is 3.67. The van der Waals surface area contributed by atoms with Gasteiger partial charge in [0.2, 0.25) is 0 Å². The molecule has 0 saturated carbocycles. The molecule has 1 aromatic carbocycles. The molecule has 0 amide bonds. The van der Waals surface area contributed by atoms with Crippen LogP contribution in [-0.2, 0) is 0 Å². The van der Waals surface area contributed by atoms with Gasteiger partial charge in [-0.15, -0.1) is 0 Å². The molecule has 0 bridgehead atoms. The third kappa shape index (κ3) is 3.10. The van der Waals surface area contributed by atoms with E-state index >= 15 is 0 Å². The zero-order valence-corrected chi connectivity index (χ0v) is 9.14. The molecule has 74 valence electrons. The molecule has 0 heterocycles. The van der Waals surface area contributed by atoms with Crippen LogP contribution in [0.2, 0.25) is 10.0 Å². The summed E-state index contributed by atoms with van der Waals surface area (Å²) in [6.45, 7) is 1.81. The highest BCUT2D eigenvalue weighted by molar-refractivity contribution is 6.35. The van der Waals surface area contributed by atoms with Gasteiger partial charge in [-0.1, -0.05) is 23.2 Å². The highest BCUT2D eigenvalue weighted by atomic mass is 35.5. The SMILES string of the molecule is CC(CC#N)Oc1ccc(Cl)cc1Cl. The van der Waals surface area contributed by atoms with Gasteiger partial charge in [-0.2, -0.15) is 5.26 Å². The summed E-state index contributed by atoms with van der Waals surface area (Å²) in [4.78, 5) is 0. The number of nitrogens with zero attached hydrogens (tertiary/aromatic N) is 1. The van der Waals surface area contributed by atoms with Gasteiger partial charge in [-0.05, 0) is 25.1 Å². The summed E-state index contributed by atoms with van der Waals surface area (Å²) in [5.74, 6) is 0.554. The van der Waals surface area contributed by atoms with E-state index < -0.39 is 0 Å². The van der Waals surface area contributed by atoms with Crippen molar-refractivity contribution in [3.63, 3.8) is 0 Å². The van der Waals surface area contributed by atoms with Crippen molar-refractivity contribution in [3.05, 3.63) is 28.2 Å². The second-order valence-electron chi connectivity index (χ2n) is 2.87. The van der Waals surface area contributed by atoms with E-state index in [9.17, 15) is 0 Å². The molecule has 1 aromatic rings. The third-order valence-electron chi connectivity index (χ3n) is 1.60. The van der Waals surface area contributed by atoms with Crippen LogP contribution in [-0.4, -0.2) is 6.10 Å². The molecule has 2 nitrogen and oxygen atoms in total. The summed E-state index contributed by atoms with van der Waals surface area (Å²) in [6, 6.07) is 7.02. The van der Waals surface area contributed by atoms with Crippen molar-refractivity contribution in [2.45, 2.75) is 19.4 Å². The fourth-order valence-corrected chi connectivity index (χ4v) is 1.41. The Hall–Kier alpha value is -0.910. The van der Waals surface area contributed by atoms with Crippen LogP contribution in [0.1, 0.15) is 13.3 Å². The number of halogens is 2. The van der Waals surface area contributed by atoms with E-state index in [0.29, 0.717) is 22.2 Å². The second-order valence-corrected chi connectivity index (χ2v) is 3.71. The minimum atomic E-state index is -0.168. The quantitative estimate of drug-likeness (QED) is 0.793. The van der Waals surface area contributed by atoms with Crippen LogP contribution in [0.3, 0.4) is 0 Å². The summed E-state index contributed by atoms with van der Waals surface area (Å²) >= 11 is 11.6. The molecular weight excluding hydrogens is 221 g/mol. The molecule has 4 heteroatoms. The van der Waals surface area contributed by atoms with Gasteiger partial charge < -0.3 is 4.74 Å². The lowest BCUT2D eigenvalue weighted by Crippen LogP contribution is -2.10. The molecule has 0 aliphatic rings. The summed E-state index contributed by atoms with van der Waals surface area (Å²) in [7, 11) is 0. The highest BCUT2D eigenvalue weighted by Crippen LogP contribution is 2.28. The average Bonchev–Trinajstić information content (AvgIpc) is 2.10. The molecule has 0 aliphatic carbocycles. The number of benzene rings is 1. The largest absolute Gasteiger partial charge is 0.488 e. The van der Waals surface area contributed by atoms with Gasteiger partial charge in [0.05, 0.1) is 17.5 Å². The van der Waals surface area contributed by atoms with Crippen molar-refractivity contribution in [2.24, 2.45) is 0 Å². The predicted molar refractivity (Wildman–Crippen MR) is 56.8 cm³/mol. The van der Waals surface area contributed by atoms with Gasteiger partial charge in [0, 0.05) is 5.02 Å². The van der Waals surface area contributed by atoms with Crippen molar-refractivity contribution in [3.8, 4) is 11.8 Å². The molecule has 0 aromatic heterocycles. The van der Waals surface area contributed by atoms with Crippen LogP contribution >= 0.6 is 23.2 Å². The minimum absolute atomic E-state index is 0.168. The van der Waals surface area contributed by atoms with E-state index in [1.54, 1.807) is 18.2 Å². The van der Waals surface area contributed by atoms with Crippen LogP contribution in [0, 0.1) is 11.3 Å². The van der Waals surface area contributed by atoms with Gasteiger partial charge in [0.1, 0.15) is 11.9 Å². The first kappa shape index (κ1) is 11.2. The molecule has 14 heavy (non-hydrogen) atoms. The Morgan fingerprint density at radius 2 is 2.21 bits per heavy atom. The van der Waals surface area contributed by atoms with E-state index in [2.05, 4.69) is 0 Å². The van der Waals surface area contributed by atoms with Crippen molar-refractivity contribution in [2.75, 3.05) is 0 Å². The normalized spacial score (nSPS) is 11.9. The van der Waals surface area contributed by atoms with Crippen molar-refractivity contribution in [1.82, 2.24) is 0 Å². The number of hydrogen-bond donors (Lipinski definition) is 0. The maximum Gasteiger partial charge on any atom is 0.138 e. The Labute approximate surface area is 93.0 Å². The smallest absolute Gasteiger partial charge is 0.138 e. The van der Waals surface area contributed by atoms with Crippen molar-refractivity contribution < 1.29 is 4.74 Å². The lowest BCUT2D eigenvalue weighted by molar-refractivity contribution is 0.227. The van der Waals surface area contributed by atoms with Crippen LogP contribution in [0.15, 0.2) is 18.2 Å². The standard InChI is InChI=1S/C10H9Cl2NO/c1-7(4-5-13)14-10-3-2-8(11)6-9(10)12/h2-3,6-7H,4H2,1H3. The Bertz CT molecular complexity index is 360. The molecule has 0 spiro atoms. The van der Waals surface area contributed by atoms with Crippen LogP contribution in [0.4, 0.5) is 0 Å². The molecule has 0 radical (unpaired) electrons. The lowest BCUT2D eigenvalue weighted by atomic mass is 10.3. The van der Waals surface area contributed by atoms with E-state index in [1.165, 1.54) is 0 Å². The first-order valence-electron chi connectivity index (χ1n) is 4.12. The Kier molecular flexibility index (Phi) is 4.06. The Morgan fingerprint density at radius 1 is 1.50 bits per heavy atom. The fourth-order valence-electron chi connectivity index (χ4n) is 0.958. The number of hydrogen-bond acceptors (Lipinski definition) is 2. The molecule has 1 atom stereocenters. The van der Waals surface area contributed by atoms with Crippen molar-refractivity contribution >= 4 is 23.2 Å². The number of rotatable bonds is 3. The van der Waals surface area contributed by atoms with Gasteiger partial charge >= 0.3 is 0 Å². The van der Waals surface area contributed by atoms with E-state index in [4.69, 9.17) is 33.2 Å². The first-order chi connectivity index (χ1) is 6.63. The monoisotopic (exact) mass is 229 g/mol. The zero-order chi connectivity index (χ0) is 10.6. The van der Waals surface area contributed by atoms with E-state index in [1.807, 2.05) is 13.0 Å². The third-order valence-corrected chi connectivity index (χ3v) is 2.13. The number of ether oxygens (including phenoxy) is 1. The average molecular weight is 230 g/mol. The molecule has 0 aliphatic heterocycles. The fraction of sp³-hybridized carbons (Fsp3) is 0.300. The zero-order valence-electron chi connectivity index (χ0n) is 7.63. The first-order valence-corrected chi connectivity index (χ1v) is 4.87. The van der Waals surface area contributed by atoms with Gasteiger partial charge in [0.15, 0.2) is 0 Å². The van der Waals surface area contributed by atoms with Crippen LogP contribution < -0.4 is 4.74 Å². The van der Waals surface area contributed by atoms with Gasteiger partial charge in [0.25, 0.3) is 0 Å². The summed E-state index contributed by atoms with van der Waals surface area (Å²) in [6.07, 6.45) is 0.164. The van der Waals surface area contributed by atoms with Gasteiger partial charge in [-0.3, -0.25) is 0 Å².